The second-order valence-corrected chi connectivity index (χ2v) is 14.7. The normalized spacial score (nSPS) is 21.5. The molecule has 1 aromatic carbocycles. The van der Waals surface area contributed by atoms with Gasteiger partial charge < -0.3 is 14.8 Å². The van der Waals surface area contributed by atoms with Gasteiger partial charge in [0.05, 0.1) is 0 Å². The lowest BCUT2D eigenvalue weighted by atomic mass is 9.79. The van der Waals surface area contributed by atoms with Crippen molar-refractivity contribution in [3.05, 3.63) is 47.5 Å². The van der Waals surface area contributed by atoms with Gasteiger partial charge in [-0.15, -0.1) is 0 Å². The molecule has 0 spiro atoms. The second kappa shape index (κ2) is 12.9. The molecule has 1 aromatic rings. The van der Waals surface area contributed by atoms with E-state index in [1.807, 2.05) is 30.3 Å². The predicted molar refractivity (Wildman–Crippen MR) is 151 cm³/mol. The highest BCUT2D eigenvalue weighted by Crippen LogP contribution is 2.41. The van der Waals surface area contributed by atoms with Crippen molar-refractivity contribution >= 4 is 14.9 Å². The van der Waals surface area contributed by atoms with E-state index in [9.17, 15) is 9.90 Å². The van der Waals surface area contributed by atoms with E-state index in [4.69, 9.17) is 4.43 Å². The van der Waals surface area contributed by atoms with Gasteiger partial charge in [0.15, 0.2) is 14.6 Å². The van der Waals surface area contributed by atoms with Crippen LogP contribution in [0.4, 0.5) is 0 Å². The Morgan fingerprint density at radius 1 is 1.14 bits per heavy atom. The molecule has 2 fully saturated rings. The second-order valence-electron chi connectivity index (χ2n) is 12.3. The van der Waals surface area contributed by atoms with E-state index in [1.165, 1.54) is 5.57 Å². The van der Waals surface area contributed by atoms with Crippen molar-refractivity contribution in [3.8, 4) is 0 Å². The average Bonchev–Trinajstić information content (AvgIpc) is 3.39. The highest BCUT2D eigenvalue weighted by atomic mass is 28.3. The van der Waals surface area contributed by atoms with E-state index in [2.05, 4.69) is 57.1 Å². The molecule has 2 aliphatic rings. The Labute approximate surface area is 221 Å². The fourth-order valence-electron chi connectivity index (χ4n) is 5.54. The number of benzene rings is 1. The van der Waals surface area contributed by atoms with Gasteiger partial charge in [0.25, 0.3) is 5.91 Å². The Hall–Kier alpha value is -1.47. The molecule has 36 heavy (non-hydrogen) atoms. The lowest BCUT2D eigenvalue weighted by molar-refractivity contribution is -0.148. The topological polar surface area (TPSA) is 61.8 Å². The summed E-state index contributed by atoms with van der Waals surface area (Å²) in [4.78, 5) is 16.1. The van der Waals surface area contributed by atoms with Crippen LogP contribution in [-0.4, -0.2) is 56.7 Å². The summed E-state index contributed by atoms with van der Waals surface area (Å²) in [5.74, 6) is -0.229. The molecule has 0 bridgehead atoms. The van der Waals surface area contributed by atoms with Crippen molar-refractivity contribution in [1.82, 2.24) is 10.2 Å². The van der Waals surface area contributed by atoms with Crippen molar-refractivity contribution in [1.29, 1.82) is 0 Å². The van der Waals surface area contributed by atoms with Gasteiger partial charge in [-0.05, 0) is 63.1 Å². The number of nitrogens with one attached hydrogen (secondary N) is 1. The van der Waals surface area contributed by atoms with E-state index in [-0.39, 0.29) is 23.3 Å². The van der Waals surface area contributed by atoms with Crippen LogP contribution >= 0.6 is 0 Å². The minimum Gasteiger partial charge on any atom is -0.419 e. The van der Waals surface area contributed by atoms with Gasteiger partial charge in [0, 0.05) is 37.7 Å². The molecule has 1 saturated heterocycles. The number of allylic oxidation sites excluding steroid dienone is 1. The molecule has 1 heterocycles. The Morgan fingerprint density at radius 3 is 2.31 bits per heavy atom. The van der Waals surface area contributed by atoms with Crippen molar-refractivity contribution in [3.63, 3.8) is 0 Å². The number of carbonyl (C=O) groups is 1. The smallest absolute Gasteiger partial charge is 0.257 e. The lowest BCUT2D eigenvalue weighted by Gasteiger charge is -2.40. The molecule has 6 heteroatoms. The first kappa shape index (κ1) is 29.1. The SMILES string of the molecule is CC(=CCC(CO[SiH](C)C)N1CCC(NC(=O)C(O)(c2ccccc2)C2CCCC2)CC1)C(C)(C)C. The van der Waals surface area contributed by atoms with Crippen molar-refractivity contribution < 1.29 is 14.3 Å². The summed E-state index contributed by atoms with van der Waals surface area (Å²) in [6, 6.07) is 10.0. The standard InChI is InChI=1S/C30H50N2O3Si/c1-23(29(2,3)4)16-17-27(22-35-36(5)6)32-20-18-26(19-21-32)31-28(33)30(34,25-14-10-11-15-25)24-12-8-7-9-13-24/h7-9,12-13,16,25-27,34,36H,10-11,14-15,17-22H2,1-6H3,(H,31,33). The van der Waals surface area contributed by atoms with Crippen molar-refractivity contribution in [2.75, 3.05) is 19.7 Å². The van der Waals surface area contributed by atoms with Gasteiger partial charge in [-0.3, -0.25) is 9.69 Å². The van der Waals surface area contributed by atoms with Gasteiger partial charge in [-0.2, -0.15) is 0 Å². The Kier molecular flexibility index (Phi) is 10.4. The van der Waals surface area contributed by atoms with Crippen LogP contribution in [0.25, 0.3) is 0 Å². The van der Waals surface area contributed by atoms with E-state index in [0.29, 0.717) is 6.04 Å². The number of likely N-dealkylation sites (tertiary alicyclic amines) is 1. The average molecular weight is 515 g/mol. The molecule has 2 atom stereocenters. The van der Waals surface area contributed by atoms with Crippen LogP contribution in [0.5, 0.6) is 0 Å². The number of aliphatic hydroxyl groups is 1. The Balaban J connectivity index is 1.64. The van der Waals surface area contributed by atoms with E-state index in [1.54, 1.807) is 0 Å². The quantitative estimate of drug-likeness (QED) is 0.324. The van der Waals surface area contributed by atoms with Gasteiger partial charge >= 0.3 is 0 Å². The first-order valence-corrected chi connectivity index (χ1v) is 16.9. The first-order chi connectivity index (χ1) is 17.0. The molecule has 1 amide bonds. The number of carbonyl (C=O) groups excluding carboxylic acids is 1. The van der Waals surface area contributed by atoms with Gasteiger partial charge in [-0.25, -0.2) is 0 Å². The third-order valence-corrected chi connectivity index (χ3v) is 9.25. The van der Waals surface area contributed by atoms with Crippen LogP contribution in [0, 0.1) is 11.3 Å². The number of hydrogen-bond acceptors (Lipinski definition) is 4. The molecule has 0 aromatic heterocycles. The number of hydrogen-bond donors (Lipinski definition) is 2. The molecule has 2 unspecified atom stereocenters. The van der Waals surface area contributed by atoms with Crippen LogP contribution in [0.1, 0.15) is 78.2 Å². The number of rotatable bonds is 10. The molecule has 5 nitrogen and oxygen atoms in total. The maximum atomic E-state index is 13.6. The van der Waals surface area contributed by atoms with E-state index < -0.39 is 14.6 Å². The number of piperidine rings is 1. The van der Waals surface area contributed by atoms with Crippen LogP contribution in [-0.2, 0) is 14.8 Å². The summed E-state index contributed by atoms with van der Waals surface area (Å²) in [6.07, 6.45) is 9.16. The van der Waals surface area contributed by atoms with Gasteiger partial charge in [-0.1, -0.05) is 75.6 Å². The predicted octanol–water partition coefficient (Wildman–Crippen LogP) is 5.40. The Bertz CT molecular complexity index is 853. The maximum Gasteiger partial charge on any atom is 0.257 e. The van der Waals surface area contributed by atoms with E-state index >= 15 is 0 Å². The lowest BCUT2D eigenvalue weighted by Crippen LogP contribution is -2.55. The molecule has 0 radical (unpaired) electrons. The first-order valence-electron chi connectivity index (χ1n) is 14.1. The third-order valence-electron chi connectivity index (χ3n) is 8.39. The number of amides is 1. The molecule has 202 valence electrons. The summed E-state index contributed by atoms with van der Waals surface area (Å²) >= 11 is 0. The van der Waals surface area contributed by atoms with Gasteiger partial charge in [0.1, 0.15) is 0 Å². The van der Waals surface area contributed by atoms with Crippen LogP contribution < -0.4 is 5.32 Å². The summed E-state index contributed by atoms with van der Waals surface area (Å²) < 4.78 is 6.18. The highest BCUT2D eigenvalue weighted by molar-refractivity contribution is 6.48. The molecule has 1 aliphatic carbocycles. The zero-order valence-electron chi connectivity index (χ0n) is 23.6. The largest absolute Gasteiger partial charge is 0.419 e. The van der Waals surface area contributed by atoms with E-state index in [0.717, 1.165) is 70.2 Å². The number of nitrogens with zero attached hydrogens (tertiary/aromatic N) is 1. The molecular formula is C30H50N2O3Si. The maximum absolute atomic E-state index is 13.6. The minimum atomic E-state index is -1.44. The van der Waals surface area contributed by atoms with Gasteiger partial charge in [0.2, 0.25) is 0 Å². The molecule has 3 rings (SSSR count). The summed E-state index contributed by atoms with van der Waals surface area (Å²) in [7, 11) is -1.09. The molecule has 1 aliphatic heterocycles. The van der Waals surface area contributed by atoms with Crippen molar-refractivity contribution in [2.24, 2.45) is 11.3 Å². The molecule has 2 N–H and O–H groups in total. The fraction of sp³-hybridized carbons (Fsp3) is 0.700. The third kappa shape index (κ3) is 7.53. The molecular weight excluding hydrogens is 464 g/mol. The fourth-order valence-corrected chi connectivity index (χ4v) is 6.14. The van der Waals surface area contributed by atoms with Crippen LogP contribution in [0.2, 0.25) is 13.1 Å². The zero-order chi connectivity index (χ0) is 26.3. The summed E-state index contributed by atoms with van der Waals surface area (Å²) in [5, 5.41) is 15.1. The van der Waals surface area contributed by atoms with Crippen LogP contribution in [0.15, 0.2) is 42.0 Å². The van der Waals surface area contributed by atoms with Crippen LogP contribution in [0.3, 0.4) is 0 Å². The summed E-state index contributed by atoms with van der Waals surface area (Å²) in [6.45, 7) is 16.1. The summed E-state index contributed by atoms with van der Waals surface area (Å²) in [5.41, 5.74) is 0.888. The minimum absolute atomic E-state index is 0.0143. The Morgan fingerprint density at radius 2 is 1.75 bits per heavy atom. The van der Waals surface area contributed by atoms with Crippen molar-refractivity contribution in [2.45, 2.75) is 103 Å². The monoisotopic (exact) mass is 514 g/mol. The highest BCUT2D eigenvalue weighted by Gasteiger charge is 2.47. The molecule has 1 saturated carbocycles. The zero-order valence-corrected chi connectivity index (χ0v) is 24.7.